The van der Waals surface area contributed by atoms with E-state index in [4.69, 9.17) is 9.47 Å². The van der Waals surface area contributed by atoms with Crippen molar-refractivity contribution >= 4 is 55.2 Å². The van der Waals surface area contributed by atoms with Crippen LogP contribution < -0.4 is 31.2 Å². The third-order valence-electron chi connectivity index (χ3n) is 7.62. The molecule has 0 saturated carbocycles. The van der Waals surface area contributed by atoms with Crippen LogP contribution in [0.25, 0.3) is 21.8 Å². The molecule has 14 nitrogen and oxygen atoms in total. The van der Waals surface area contributed by atoms with Crippen molar-refractivity contribution in [1.82, 2.24) is 30.6 Å². The maximum absolute atomic E-state index is 12.3. The molecule has 0 aliphatic rings. The number of ether oxygens (including phenoxy) is 2. The molecule has 2 aromatic heterocycles. The van der Waals surface area contributed by atoms with Crippen LogP contribution in [0.1, 0.15) is 32.4 Å². The van der Waals surface area contributed by atoms with Gasteiger partial charge in [0.15, 0.2) is 21.5 Å². The highest BCUT2D eigenvalue weighted by molar-refractivity contribution is 7.98. The van der Waals surface area contributed by atoms with Gasteiger partial charge in [0, 0.05) is 24.2 Å². The van der Waals surface area contributed by atoms with E-state index in [1.165, 1.54) is 18.2 Å². The maximum Gasteiger partial charge on any atom is 0.287 e. The highest BCUT2D eigenvalue weighted by atomic mass is 32.2. The molecule has 0 unspecified atom stereocenters. The van der Waals surface area contributed by atoms with E-state index in [0.717, 1.165) is 22.3 Å². The third kappa shape index (κ3) is 9.21. The van der Waals surface area contributed by atoms with Gasteiger partial charge in [0.1, 0.15) is 11.5 Å². The van der Waals surface area contributed by atoms with Crippen LogP contribution in [0.15, 0.2) is 104 Å². The minimum absolute atomic E-state index is 0.00250. The Labute approximate surface area is 301 Å². The van der Waals surface area contributed by atoms with Crippen molar-refractivity contribution < 1.29 is 27.5 Å². The summed E-state index contributed by atoms with van der Waals surface area (Å²) in [5, 5.41) is 5.99. The fraction of sp³-hybridized carbons (Fsp3) is 0.167. The summed E-state index contributed by atoms with van der Waals surface area (Å²) in [5.41, 5.74) is 1.53. The van der Waals surface area contributed by atoms with E-state index >= 15 is 0 Å². The predicted octanol–water partition coefficient (Wildman–Crippen LogP) is 3.85. The van der Waals surface area contributed by atoms with Crippen molar-refractivity contribution in [3.8, 4) is 11.5 Å². The number of sulfone groups is 1. The maximum atomic E-state index is 12.3. The first-order valence-corrected chi connectivity index (χ1v) is 18.6. The number of fused-ring (bicyclic) bond motifs is 2. The Morgan fingerprint density at radius 3 is 1.65 bits per heavy atom. The number of aromatic amines is 2. The first-order chi connectivity index (χ1) is 24.9. The molecule has 0 aliphatic heterocycles. The average molecular weight is 743 g/mol. The van der Waals surface area contributed by atoms with Crippen LogP contribution in [0.3, 0.4) is 0 Å². The number of thioether (sulfide) groups is 1. The molecule has 0 radical (unpaired) electrons. The second-order valence-electron chi connectivity index (χ2n) is 11.2. The lowest BCUT2D eigenvalue weighted by Crippen LogP contribution is -2.27. The number of amides is 2. The zero-order valence-corrected chi connectivity index (χ0v) is 30.1. The van der Waals surface area contributed by atoms with E-state index in [2.05, 4.69) is 30.6 Å². The normalized spacial score (nSPS) is 11.0. The fourth-order valence-corrected chi connectivity index (χ4v) is 5.99. The van der Waals surface area contributed by atoms with Gasteiger partial charge in [-0.15, -0.1) is 11.8 Å². The number of H-pyrrole nitrogens is 2. The molecule has 6 rings (SSSR count). The van der Waals surface area contributed by atoms with Crippen LogP contribution in [0.5, 0.6) is 11.5 Å². The molecule has 4 aromatic carbocycles. The molecule has 52 heavy (non-hydrogen) atoms. The second kappa shape index (κ2) is 16.3. The number of carbonyl (C=O) groups is 2. The number of hydrogen-bond donors (Lipinski definition) is 4. The van der Waals surface area contributed by atoms with Gasteiger partial charge in [0.05, 0.1) is 40.9 Å². The molecule has 0 atom stereocenters. The molecule has 2 amide bonds. The number of methoxy groups -OCH3 is 2. The van der Waals surface area contributed by atoms with Crippen LogP contribution >= 0.6 is 11.8 Å². The van der Waals surface area contributed by atoms with Gasteiger partial charge in [0.2, 0.25) is 0 Å². The van der Waals surface area contributed by atoms with Crippen molar-refractivity contribution in [2.24, 2.45) is 0 Å². The van der Waals surface area contributed by atoms with Gasteiger partial charge in [-0.25, -0.2) is 18.4 Å². The number of nitrogens with one attached hydrogen (secondary N) is 4. The molecule has 0 aliphatic carbocycles. The smallest absolute Gasteiger partial charge is 0.287 e. The monoisotopic (exact) mass is 742 g/mol. The SMILES string of the molecule is COc1cccc(CNC(=O)c2nc3ccc(S(C)(=O)=O)cc3c(=O)[nH]2)c1.COc1cccc(CNC(=O)c2nc3ccc(SC)cc3c(=O)[nH]2)c1. The molecule has 0 saturated heterocycles. The van der Waals surface area contributed by atoms with E-state index in [-0.39, 0.29) is 39.6 Å². The Hall–Kier alpha value is -6.00. The Morgan fingerprint density at radius 1 is 0.712 bits per heavy atom. The molecule has 0 fully saturated rings. The summed E-state index contributed by atoms with van der Waals surface area (Å²) in [5.74, 6) is 0.244. The van der Waals surface area contributed by atoms with Gasteiger partial charge in [0.25, 0.3) is 22.9 Å². The predicted molar refractivity (Wildman–Crippen MR) is 198 cm³/mol. The van der Waals surface area contributed by atoms with Gasteiger partial charge in [-0.3, -0.25) is 19.2 Å². The summed E-state index contributed by atoms with van der Waals surface area (Å²) in [6.45, 7) is 0.536. The fourth-order valence-electron chi connectivity index (χ4n) is 4.91. The van der Waals surface area contributed by atoms with Crippen LogP contribution in [0.2, 0.25) is 0 Å². The molecule has 0 spiro atoms. The van der Waals surface area contributed by atoms with Crippen molar-refractivity contribution in [1.29, 1.82) is 0 Å². The van der Waals surface area contributed by atoms with Crippen molar-refractivity contribution in [2.75, 3.05) is 26.7 Å². The van der Waals surface area contributed by atoms with Crippen molar-refractivity contribution in [2.45, 2.75) is 22.9 Å². The van der Waals surface area contributed by atoms with E-state index in [0.29, 0.717) is 28.9 Å². The summed E-state index contributed by atoms with van der Waals surface area (Å²) in [6.07, 6.45) is 2.99. The zero-order chi connectivity index (χ0) is 37.4. The van der Waals surface area contributed by atoms with E-state index in [9.17, 15) is 27.6 Å². The van der Waals surface area contributed by atoms with E-state index < -0.39 is 27.2 Å². The Kier molecular flexibility index (Phi) is 11.7. The molecule has 4 N–H and O–H groups in total. The van der Waals surface area contributed by atoms with E-state index in [1.807, 2.05) is 42.7 Å². The van der Waals surface area contributed by atoms with Crippen molar-refractivity contribution in [3.63, 3.8) is 0 Å². The lowest BCUT2D eigenvalue weighted by atomic mass is 10.2. The lowest BCUT2D eigenvalue weighted by Gasteiger charge is -2.07. The Morgan fingerprint density at radius 2 is 1.19 bits per heavy atom. The number of rotatable bonds is 10. The average Bonchev–Trinajstić information content (AvgIpc) is 3.15. The van der Waals surface area contributed by atoms with Gasteiger partial charge in [-0.2, -0.15) is 0 Å². The Balaban J connectivity index is 0.000000202. The lowest BCUT2D eigenvalue weighted by molar-refractivity contribution is 0.0933. The largest absolute Gasteiger partial charge is 0.497 e. The number of aromatic nitrogens is 4. The van der Waals surface area contributed by atoms with Crippen LogP contribution in [-0.4, -0.2) is 66.9 Å². The van der Waals surface area contributed by atoms with Gasteiger partial charge >= 0.3 is 0 Å². The molecule has 2 heterocycles. The third-order valence-corrected chi connectivity index (χ3v) is 9.46. The summed E-state index contributed by atoms with van der Waals surface area (Å²) >= 11 is 1.54. The minimum atomic E-state index is -3.45. The highest BCUT2D eigenvalue weighted by Gasteiger charge is 2.15. The summed E-state index contributed by atoms with van der Waals surface area (Å²) in [6, 6.07) is 24.0. The molecule has 6 aromatic rings. The number of benzene rings is 4. The highest BCUT2D eigenvalue weighted by Crippen LogP contribution is 2.19. The topological polar surface area (TPSA) is 202 Å². The molecular formula is C36H34N6O8S2. The number of hydrogen-bond acceptors (Lipinski definition) is 11. The summed E-state index contributed by atoms with van der Waals surface area (Å²) < 4.78 is 33.5. The van der Waals surface area contributed by atoms with E-state index in [1.54, 1.807) is 56.3 Å². The molecule has 0 bridgehead atoms. The zero-order valence-electron chi connectivity index (χ0n) is 28.5. The van der Waals surface area contributed by atoms with Gasteiger partial charge < -0.3 is 30.1 Å². The first kappa shape index (κ1) is 37.3. The number of carbonyl (C=O) groups excluding carboxylic acids is 2. The molecular weight excluding hydrogens is 709 g/mol. The van der Waals surface area contributed by atoms with Crippen molar-refractivity contribution in [3.05, 3.63) is 128 Å². The van der Waals surface area contributed by atoms with Crippen LogP contribution in [0, 0.1) is 0 Å². The summed E-state index contributed by atoms with van der Waals surface area (Å²) in [4.78, 5) is 63.4. The Bertz CT molecular complexity index is 2520. The number of nitrogens with zero attached hydrogens (tertiary/aromatic N) is 2. The second-order valence-corrected chi connectivity index (χ2v) is 14.1. The first-order valence-electron chi connectivity index (χ1n) is 15.5. The van der Waals surface area contributed by atoms with Gasteiger partial charge in [-0.05, 0) is 78.0 Å². The standard InChI is InChI=1S/C18H17N3O5S.C18H17N3O3S/c1-26-12-5-3-4-11(8-12)10-19-18(23)16-20-15-7-6-13(27(2,24)25)9-14(15)17(22)21-16;1-24-12-5-3-4-11(8-12)10-19-18(23)16-20-15-7-6-13(25-2)9-14(15)17(22)21-16/h3-9H,10H2,1-2H3,(H,19,23)(H,20,21,22);3-9H,10H2,1-2H3,(H,19,23)(H,20,21,22). The summed E-state index contributed by atoms with van der Waals surface area (Å²) in [7, 11) is -0.313. The van der Waals surface area contributed by atoms with Crippen LogP contribution in [0.4, 0.5) is 0 Å². The molecule has 268 valence electrons. The van der Waals surface area contributed by atoms with Crippen LogP contribution in [-0.2, 0) is 22.9 Å². The molecule has 16 heteroatoms. The minimum Gasteiger partial charge on any atom is -0.497 e. The quantitative estimate of drug-likeness (QED) is 0.149. The van der Waals surface area contributed by atoms with Gasteiger partial charge in [-0.1, -0.05) is 24.3 Å².